The fourth-order valence-electron chi connectivity index (χ4n) is 4.97. The number of halogens is 3. The normalized spacial score (nSPS) is 19.0. The molecule has 2 aromatic rings. The van der Waals surface area contributed by atoms with Gasteiger partial charge in [-0.3, -0.25) is 4.79 Å². The van der Waals surface area contributed by atoms with Crippen LogP contribution in [0, 0.1) is 11.3 Å². The third-order valence-electron chi connectivity index (χ3n) is 7.06. The molecule has 0 spiro atoms. The standard InChI is InChI=1S/C28H38F3NO3/c1-6-34-25(33)8-7-17-32(5)21-12-15-23-19(18-21)9-16-24(26(23)28(29,30)31)35-22-13-10-20(11-14-22)27(2,3)4/h9,12,15-16,18,20,22H,6-8,10-11,13-14,17H2,1-5H3. The van der Waals surface area contributed by atoms with Crippen LogP contribution in [0.5, 0.6) is 5.75 Å². The van der Waals surface area contributed by atoms with E-state index in [1.165, 1.54) is 12.1 Å². The molecule has 0 bridgehead atoms. The summed E-state index contributed by atoms with van der Waals surface area (Å²) in [6.45, 7) is 9.37. The Morgan fingerprint density at radius 2 is 1.74 bits per heavy atom. The van der Waals surface area contributed by atoms with E-state index in [4.69, 9.17) is 9.47 Å². The maximum Gasteiger partial charge on any atom is 0.420 e. The number of rotatable bonds is 8. The highest BCUT2D eigenvalue weighted by Gasteiger charge is 2.38. The molecule has 0 aromatic heterocycles. The van der Waals surface area contributed by atoms with Gasteiger partial charge in [0.25, 0.3) is 0 Å². The van der Waals surface area contributed by atoms with E-state index in [0.717, 1.165) is 31.4 Å². The maximum atomic E-state index is 14.2. The second-order valence-electron chi connectivity index (χ2n) is 10.6. The molecule has 35 heavy (non-hydrogen) atoms. The van der Waals surface area contributed by atoms with E-state index in [-0.39, 0.29) is 28.6 Å². The molecular formula is C28H38F3NO3. The van der Waals surface area contributed by atoms with E-state index in [2.05, 4.69) is 20.8 Å². The van der Waals surface area contributed by atoms with Crippen molar-refractivity contribution in [2.45, 2.75) is 78.5 Å². The number of hydrogen-bond acceptors (Lipinski definition) is 4. The van der Waals surface area contributed by atoms with Crippen molar-refractivity contribution in [3.8, 4) is 5.75 Å². The quantitative estimate of drug-likeness (QED) is 0.355. The Morgan fingerprint density at radius 3 is 2.34 bits per heavy atom. The fourth-order valence-corrected chi connectivity index (χ4v) is 4.97. The van der Waals surface area contributed by atoms with Crippen LogP contribution in [-0.4, -0.2) is 32.3 Å². The number of carbonyl (C=O) groups excluding carboxylic acids is 1. The summed E-state index contributed by atoms with van der Waals surface area (Å²) in [4.78, 5) is 13.5. The summed E-state index contributed by atoms with van der Waals surface area (Å²) in [5.41, 5.74) is 0.294. The van der Waals surface area contributed by atoms with Crippen LogP contribution in [0.1, 0.15) is 71.8 Å². The number of hydrogen-bond donors (Lipinski definition) is 0. The van der Waals surface area contributed by atoms with Crippen molar-refractivity contribution in [2.75, 3.05) is 25.1 Å². The Bertz CT molecular complexity index is 1000. The number of anilines is 1. The molecule has 0 unspecified atom stereocenters. The van der Waals surface area contributed by atoms with Crippen LogP contribution in [0.4, 0.5) is 18.9 Å². The third-order valence-corrected chi connectivity index (χ3v) is 7.06. The minimum Gasteiger partial charge on any atom is -0.490 e. The molecule has 0 radical (unpaired) electrons. The van der Waals surface area contributed by atoms with Crippen LogP contribution in [0.25, 0.3) is 10.8 Å². The first-order valence-electron chi connectivity index (χ1n) is 12.6. The maximum absolute atomic E-state index is 14.2. The summed E-state index contributed by atoms with van der Waals surface area (Å²) in [7, 11) is 1.86. The highest BCUT2D eigenvalue weighted by Crippen LogP contribution is 2.44. The van der Waals surface area contributed by atoms with Crippen molar-refractivity contribution in [1.29, 1.82) is 0 Å². The minimum absolute atomic E-state index is 0.0836. The van der Waals surface area contributed by atoms with E-state index in [9.17, 15) is 18.0 Å². The van der Waals surface area contributed by atoms with Crippen LogP contribution in [0.15, 0.2) is 30.3 Å². The topological polar surface area (TPSA) is 38.8 Å². The van der Waals surface area contributed by atoms with Crippen molar-refractivity contribution < 1.29 is 27.4 Å². The van der Waals surface area contributed by atoms with E-state index >= 15 is 0 Å². The van der Waals surface area contributed by atoms with Gasteiger partial charge in [-0.2, -0.15) is 13.2 Å². The average Bonchev–Trinajstić information content (AvgIpc) is 2.77. The molecule has 0 heterocycles. The Morgan fingerprint density at radius 1 is 1.06 bits per heavy atom. The van der Waals surface area contributed by atoms with Gasteiger partial charge in [0.1, 0.15) is 11.3 Å². The number of alkyl halides is 3. The molecule has 1 aliphatic rings. The van der Waals surface area contributed by atoms with Gasteiger partial charge >= 0.3 is 12.1 Å². The monoisotopic (exact) mass is 493 g/mol. The lowest BCUT2D eigenvalue weighted by Crippen LogP contribution is -2.31. The predicted molar refractivity (Wildman–Crippen MR) is 134 cm³/mol. The Labute approximate surface area is 206 Å². The lowest BCUT2D eigenvalue weighted by atomic mass is 9.72. The van der Waals surface area contributed by atoms with Crippen LogP contribution in [-0.2, 0) is 15.7 Å². The van der Waals surface area contributed by atoms with Crippen LogP contribution < -0.4 is 9.64 Å². The number of esters is 1. The molecule has 1 fully saturated rings. The predicted octanol–water partition coefficient (Wildman–Crippen LogP) is 7.62. The van der Waals surface area contributed by atoms with Gasteiger partial charge in [-0.15, -0.1) is 0 Å². The number of ether oxygens (including phenoxy) is 2. The van der Waals surface area contributed by atoms with Crippen molar-refractivity contribution >= 4 is 22.4 Å². The number of nitrogens with zero attached hydrogens (tertiary/aromatic N) is 1. The lowest BCUT2D eigenvalue weighted by Gasteiger charge is -2.37. The van der Waals surface area contributed by atoms with Gasteiger partial charge in [-0.05, 0) is 79.3 Å². The SMILES string of the molecule is CCOC(=O)CCCN(C)c1ccc2c(C(F)(F)F)c(OC3CCC(C(C)(C)C)CC3)ccc2c1. The zero-order chi connectivity index (χ0) is 25.8. The molecule has 4 nitrogen and oxygen atoms in total. The minimum atomic E-state index is -4.52. The molecule has 194 valence electrons. The molecule has 7 heteroatoms. The molecule has 0 atom stereocenters. The summed E-state index contributed by atoms with van der Waals surface area (Å²) in [5, 5.41) is 0.651. The molecule has 2 aromatic carbocycles. The summed E-state index contributed by atoms with van der Waals surface area (Å²) in [5.74, 6) is 0.238. The molecule has 1 aliphatic carbocycles. The highest BCUT2D eigenvalue weighted by molar-refractivity contribution is 5.91. The summed E-state index contributed by atoms with van der Waals surface area (Å²) in [6.07, 6.45) is -0.334. The van der Waals surface area contributed by atoms with Crippen molar-refractivity contribution in [3.63, 3.8) is 0 Å². The first-order chi connectivity index (χ1) is 16.4. The second kappa shape index (κ2) is 11.1. The van der Waals surface area contributed by atoms with Gasteiger partial charge in [-0.1, -0.05) is 32.9 Å². The van der Waals surface area contributed by atoms with Crippen LogP contribution in [0.2, 0.25) is 0 Å². The fraction of sp³-hybridized carbons (Fsp3) is 0.607. The Hall–Kier alpha value is -2.44. The highest BCUT2D eigenvalue weighted by atomic mass is 19.4. The summed E-state index contributed by atoms with van der Waals surface area (Å²) < 4.78 is 53.5. The summed E-state index contributed by atoms with van der Waals surface area (Å²) in [6, 6.07) is 8.15. The van der Waals surface area contributed by atoms with Gasteiger partial charge in [0.05, 0.1) is 12.7 Å². The number of carbonyl (C=O) groups is 1. The van der Waals surface area contributed by atoms with Gasteiger partial charge in [-0.25, -0.2) is 0 Å². The second-order valence-corrected chi connectivity index (χ2v) is 10.6. The average molecular weight is 494 g/mol. The molecule has 0 amide bonds. The first kappa shape index (κ1) is 27.2. The van der Waals surface area contributed by atoms with Crippen LogP contribution in [0.3, 0.4) is 0 Å². The molecule has 0 saturated heterocycles. The van der Waals surface area contributed by atoms with E-state index in [1.807, 2.05) is 11.9 Å². The van der Waals surface area contributed by atoms with E-state index in [0.29, 0.717) is 37.3 Å². The molecule has 1 saturated carbocycles. The summed E-state index contributed by atoms with van der Waals surface area (Å²) >= 11 is 0. The van der Waals surface area contributed by atoms with Crippen molar-refractivity contribution in [2.24, 2.45) is 11.3 Å². The number of fused-ring (bicyclic) bond motifs is 1. The van der Waals surface area contributed by atoms with Crippen LogP contribution >= 0.6 is 0 Å². The molecular weight excluding hydrogens is 455 g/mol. The molecule has 0 N–H and O–H groups in total. The molecule has 0 aliphatic heterocycles. The Kier molecular flexibility index (Phi) is 8.60. The van der Waals surface area contributed by atoms with Crippen molar-refractivity contribution in [3.05, 3.63) is 35.9 Å². The third kappa shape index (κ3) is 7.05. The largest absolute Gasteiger partial charge is 0.490 e. The zero-order valence-electron chi connectivity index (χ0n) is 21.5. The zero-order valence-corrected chi connectivity index (χ0v) is 21.5. The number of benzene rings is 2. The van der Waals surface area contributed by atoms with Gasteiger partial charge < -0.3 is 14.4 Å². The molecule has 3 rings (SSSR count). The van der Waals surface area contributed by atoms with E-state index in [1.54, 1.807) is 25.1 Å². The smallest absolute Gasteiger partial charge is 0.420 e. The lowest BCUT2D eigenvalue weighted by molar-refractivity contribution is -0.143. The van der Waals surface area contributed by atoms with Gasteiger partial charge in [0.2, 0.25) is 0 Å². The Balaban J connectivity index is 1.77. The van der Waals surface area contributed by atoms with Gasteiger partial charge in [0, 0.05) is 25.7 Å². The van der Waals surface area contributed by atoms with Gasteiger partial charge in [0.15, 0.2) is 0 Å². The van der Waals surface area contributed by atoms with Crippen molar-refractivity contribution in [1.82, 2.24) is 0 Å². The first-order valence-corrected chi connectivity index (χ1v) is 12.6. The van der Waals surface area contributed by atoms with E-state index < -0.39 is 11.7 Å².